The van der Waals surface area contributed by atoms with Crippen molar-refractivity contribution in [3.63, 3.8) is 0 Å². The highest BCUT2D eigenvalue weighted by Crippen LogP contribution is 2.31. The molecule has 0 unspecified atom stereocenters. The average Bonchev–Trinajstić information content (AvgIpc) is 3.48. The van der Waals surface area contributed by atoms with Crippen molar-refractivity contribution in [1.82, 2.24) is 4.98 Å². The molecule has 0 radical (unpaired) electrons. The van der Waals surface area contributed by atoms with E-state index in [9.17, 15) is 19.6 Å². The molecule has 3 aromatic carbocycles. The Morgan fingerprint density at radius 1 is 1.00 bits per heavy atom. The summed E-state index contributed by atoms with van der Waals surface area (Å²) in [6.07, 6.45) is 0. The highest BCUT2D eigenvalue weighted by atomic mass is 35.5. The van der Waals surface area contributed by atoms with Gasteiger partial charge in [0, 0.05) is 27.2 Å². The maximum Gasteiger partial charge on any atom is 0.283 e. The minimum absolute atomic E-state index is 0.0457. The first-order valence-electron chi connectivity index (χ1n) is 11.2. The van der Waals surface area contributed by atoms with Gasteiger partial charge < -0.3 is 15.8 Å². The SMILES string of the molecule is O=C(Nc1nc(-c2cccc(N([O-])O)c2)cs1)c1cccc(NC2=C(Cl)C(=O)N(c3ccc(Cl)cc3)C2=O)c1. The molecule has 1 aliphatic rings. The predicted molar refractivity (Wildman–Crippen MR) is 150 cm³/mol. The van der Waals surface area contributed by atoms with Crippen LogP contribution in [0, 0.1) is 5.21 Å². The number of benzene rings is 3. The second kappa shape index (κ2) is 10.8. The van der Waals surface area contributed by atoms with Crippen molar-refractivity contribution in [2.24, 2.45) is 0 Å². The van der Waals surface area contributed by atoms with Gasteiger partial charge in [0.15, 0.2) is 5.13 Å². The van der Waals surface area contributed by atoms with Gasteiger partial charge in [-0.15, -0.1) is 11.3 Å². The van der Waals surface area contributed by atoms with E-state index in [1.807, 2.05) is 0 Å². The van der Waals surface area contributed by atoms with Gasteiger partial charge in [-0.2, -0.15) is 0 Å². The molecule has 1 aromatic heterocycles. The Balaban J connectivity index is 1.30. The van der Waals surface area contributed by atoms with Crippen molar-refractivity contribution < 1.29 is 19.6 Å². The molecule has 196 valence electrons. The number of carbonyl (C=O) groups excluding carboxylic acids is 3. The Morgan fingerprint density at radius 2 is 1.74 bits per heavy atom. The minimum atomic E-state index is -0.688. The molecular formula is C26H16Cl2N5O5S-. The largest absolute Gasteiger partial charge is 0.733 e. The van der Waals surface area contributed by atoms with Crippen LogP contribution in [0.25, 0.3) is 11.3 Å². The number of anilines is 4. The Hall–Kier alpha value is -4.26. The van der Waals surface area contributed by atoms with E-state index in [-0.39, 0.29) is 27.2 Å². The van der Waals surface area contributed by atoms with Crippen LogP contribution in [-0.4, -0.2) is 27.9 Å². The zero-order chi connectivity index (χ0) is 27.7. The molecule has 1 aliphatic heterocycles. The van der Waals surface area contributed by atoms with Crippen molar-refractivity contribution in [3.8, 4) is 11.3 Å². The second-order valence-electron chi connectivity index (χ2n) is 8.13. The van der Waals surface area contributed by atoms with Gasteiger partial charge in [0.25, 0.3) is 17.7 Å². The van der Waals surface area contributed by atoms with Crippen molar-refractivity contribution in [3.05, 3.63) is 105 Å². The molecule has 0 aliphatic carbocycles. The van der Waals surface area contributed by atoms with Crippen LogP contribution in [0.15, 0.2) is 88.9 Å². The molecule has 0 atom stereocenters. The topological polar surface area (TPSA) is 138 Å². The lowest BCUT2D eigenvalue weighted by Gasteiger charge is -2.21. The minimum Gasteiger partial charge on any atom is -0.733 e. The smallest absolute Gasteiger partial charge is 0.283 e. The third kappa shape index (κ3) is 5.48. The standard InChI is InChI=1S/C26H16Cl2N5O5S/c27-16-7-9-18(10-8-16)32-24(35)21(28)22(25(32)36)29-17-5-1-4-15(11-17)23(34)31-26-30-20(13-39-26)14-3-2-6-19(12-14)33(37)38/h1-13,29,37H,(H,30,31,34)/q-1. The summed E-state index contributed by atoms with van der Waals surface area (Å²) in [5.74, 6) is -1.80. The van der Waals surface area contributed by atoms with E-state index < -0.39 is 17.7 Å². The third-order valence-electron chi connectivity index (χ3n) is 5.59. The van der Waals surface area contributed by atoms with Crippen LogP contribution in [0.5, 0.6) is 0 Å². The first-order chi connectivity index (χ1) is 18.7. The monoisotopic (exact) mass is 580 g/mol. The van der Waals surface area contributed by atoms with Crippen LogP contribution in [0.1, 0.15) is 10.4 Å². The van der Waals surface area contributed by atoms with Crippen LogP contribution in [0.2, 0.25) is 5.02 Å². The Bertz CT molecular complexity index is 1640. The molecule has 0 fully saturated rings. The second-order valence-corrected chi connectivity index (χ2v) is 9.80. The van der Waals surface area contributed by atoms with Gasteiger partial charge in [-0.25, -0.2) is 9.88 Å². The number of aromatic nitrogens is 1. The number of halogens is 2. The quantitative estimate of drug-likeness (QED) is 0.183. The van der Waals surface area contributed by atoms with Gasteiger partial charge in [0.2, 0.25) is 0 Å². The van der Waals surface area contributed by atoms with E-state index in [2.05, 4.69) is 15.6 Å². The molecule has 5 rings (SSSR count). The first-order valence-corrected chi connectivity index (χ1v) is 12.8. The normalized spacial score (nSPS) is 13.2. The molecule has 3 N–H and O–H groups in total. The number of hydrogen-bond acceptors (Lipinski definition) is 9. The van der Waals surface area contributed by atoms with Crippen molar-refractivity contribution >= 4 is 74.5 Å². The molecule has 4 aromatic rings. The first kappa shape index (κ1) is 26.4. The number of thiazole rings is 1. The number of nitrogens with one attached hydrogen (secondary N) is 2. The molecule has 3 amide bonds. The van der Waals surface area contributed by atoms with Crippen molar-refractivity contribution in [1.29, 1.82) is 0 Å². The van der Waals surface area contributed by atoms with Gasteiger partial charge in [-0.05, 0) is 54.6 Å². The number of imide groups is 1. The number of amides is 3. The zero-order valence-corrected chi connectivity index (χ0v) is 21.9. The predicted octanol–water partition coefficient (Wildman–Crippen LogP) is 5.84. The fraction of sp³-hybridized carbons (Fsp3) is 0. The lowest BCUT2D eigenvalue weighted by molar-refractivity contribution is -0.120. The number of carbonyl (C=O) groups is 3. The number of hydrogen-bond donors (Lipinski definition) is 3. The van der Waals surface area contributed by atoms with E-state index in [1.165, 1.54) is 41.7 Å². The molecule has 0 saturated carbocycles. The average molecular weight is 581 g/mol. The number of rotatable bonds is 7. The molecular weight excluding hydrogens is 565 g/mol. The van der Waals surface area contributed by atoms with Gasteiger partial charge >= 0.3 is 0 Å². The lowest BCUT2D eigenvalue weighted by atomic mass is 10.1. The summed E-state index contributed by atoms with van der Waals surface area (Å²) in [5, 5.41) is 27.8. The zero-order valence-electron chi connectivity index (χ0n) is 19.6. The fourth-order valence-corrected chi connectivity index (χ4v) is 4.79. The summed E-state index contributed by atoms with van der Waals surface area (Å²) in [5.41, 5.74) is 1.94. The third-order valence-corrected chi connectivity index (χ3v) is 6.95. The Morgan fingerprint density at radius 3 is 2.49 bits per heavy atom. The van der Waals surface area contributed by atoms with Crippen LogP contribution >= 0.6 is 34.5 Å². The van der Waals surface area contributed by atoms with E-state index >= 15 is 0 Å². The summed E-state index contributed by atoms with van der Waals surface area (Å²) in [7, 11) is 0. The van der Waals surface area contributed by atoms with Crippen LogP contribution in [-0.2, 0) is 9.59 Å². The maximum absolute atomic E-state index is 13.0. The van der Waals surface area contributed by atoms with E-state index in [0.29, 0.717) is 32.8 Å². The molecule has 2 heterocycles. The van der Waals surface area contributed by atoms with Crippen molar-refractivity contribution in [2.75, 3.05) is 20.8 Å². The molecule has 0 saturated heterocycles. The van der Waals surface area contributed by atoms with Gasteiger partial charge in [-0.3, -0.25) is 24.9 Å². The number of nitrogens with zero attached hydrogens (tertiary/aromatic N) is 3. The summed E-state index contributed by atoms with van der Waals surface area (Å²) < 4.78 is 0. The fourth-order valence-electron chi connectivity index (χ4n) is 3.74. The summed E-state index contributed by atoms with van der Waals surface area (Å²) in [4.78, 5) is 43.9. The van der Waals surface area contributed by atoms with Gasteiger partial charge in [0.05, 0.1) is 17.1 Å². The summed E-state index contributed by atoms with van der Waals surface area (Å²) >= 11 is 13.3. The van der Waals surface area contributed by atoms with E-state index in [1.54, 1.807) is 47.8 Å². The lowest BCUT2D eigenvalue weighted by Crippen LogP contribution is -2.32. The van der Waals surface area contributed by atoms with E-state index in [0.717, 1.165) is 4.90 Å². The maximum atomic E-state index is 13.0. The van der Waals surface area contributed by atoms with Crippen LogP contribution in [0.4, 0.5) is 22.2 Å². The highest BCUT2D eigenvalue weighted by Gasteiger charge is 2.39. The van der Waals surface area contributed by atoms with Crippen LogP contribution in [0.3, 0.4) is 0 Å². The van der Waals surface area contributed by atoms with Gasteiger partial charge in [-0.1, -0.05) is 41.4 Å². The molecule has 10 nitrogen and oxygen atoms in total. The summed E-state index contributed by atoms with van der Waals surface area (Å²) in [6, 6.07) is 18.7. The molecule has 13 heteroatoms. The van der Waals surface area contributed by atoms with E-state index in [4.69, 9.17) is 28.4 Å². The van der Waals surface area contributed by atoms with Crippen molar-refractivity contribution in [2.45, 2.75) is 0 Å². The highest BCUT2D eigenvalue weighted by molar-refractivity contribution is 7.14. The molecule has 0 spiro atoms. The van der Waals surface area contributed by atoms with Crippen LogP contribution < -0.4 is 20.8 Å². The Labute approximate surface area is 235 Å². The Kier molecular flexibility index (Phi) is 7.33. The molecule has 0 bridgehead atoms. The summed E-state index contributed by atoms with van der Waals surface area (Å²) in [6.45, 7) is 0. The molecule has 39 heavy (non-hydrogen) atoms. The van der Waals surface area contributed by atoms with Gasteiger partial charge in [0.1, 0.15) is 10.7 Å².